The average Bonchev–Trinajstić information content (AvgIpc) is 3.26. The normalized spacial score (nSPS) is 20.0. The molecule has 0 spiro atoms. The van der Waals surface area contributed by atoms with Gasteiger partial charge in [-0.05, 0) is 37.9 Å². The molecular formula is C27H24F3N7O4S. The number of urea groups is 1. The number of hydrogen-bond acceptors (Lipinski definition) is 8. The summed E-state index contributed by atoms with van der Waals surface area (Å²) in [5, 5.41) is 15.8. The maximum Gasteiger partial charge on any atom is 0.434 e. The van der Waals surface area contributed by atoms with Gasteiger partial charge in [-0.15, -0.1) is 11.3 Å². The minimum Gasteiger partial charge on any atom is -0.477 e. The molecule has 1 aliphatic carbocycles. The highest BCUT2D eigenvalue weighted by Gasteiger charge is 2.56. The molecule has 6 rings (SSSR count). The third kappa shape index (κ3) is 4.87. The first kappa shape index (κ1) is 27.8. The van der Waals surface area contributed by atoms with Gasteiger partial charge in [0.05, 0.1) is 5.39 Å². The Bertz CT molecular complexity index is 1790. The maximum absolute atomic E-state index is 13.4. The van der Waals surface area contributed by atoms with Crippen LogP contribution < -0.4 is 16.1 Å². The summed E-state index contributed by atoms with van der Waals surface area (Å²) in [6.45, 7) is 3.77. The zero-order valence-electron chi connectivity index (χ0n) is 22.3. The highest BCUT2D eigenvalue weighted by molar-refractivity contribution is 7.13. The lowest BCUT2D eigenvalue weighted by atomic mass is 10.0. The Labute approximate surface area is 240 Å². The summed E-state index contributed by atoms with van der Waals surface area (Å²) in [6, 6.07) is 2.33. The molecule has 0 bridgehead atoms. The Kier molecular flexibility index (Phi) is 6.73. The quantitative estimate of drug-likeness (QED) is 0.300. The number of hydrogen-bond donors (Lipinski definition) is 3. The number of nitrogens with one attached hydrogen (secondary N) is 2. The number of nitrogens with zero attached hydrogens (tertiary/aromatic N) is 5. The van der Waals surface area contributed by atoms with Gasteiger partial charge in [-0.1, -0.05) is 0 Å². The number of amides is 2. The van der Waals surface area contributed by atoms with E-state index >= 15 is 0 Å². The lowest BCUT2D eigenvalue weighted by Gasteiger charge is -2.18. The highest BCUT2D eigenvalue weighted by atomic mass is 32.1. The van der Waals surface area contributed by atoms with Crippen molar-refractivity contribution in [1.29, 1.82) is 0 Å². The Balaban J connectivity index is 1.49. The molecule has 2 amide bonds. The highest BCUT2D eigenvalue weighted by Crippen LogP contribution is 2.55. The number of fused-ring (bicyclic) bond motifs is 2. The second kappa shape index (κ2) is 10.2. The van der Waals surface area contributed by atoms with Crippen molar-refractivity contribution in [2.24, 2.45) is 11.8 Å². The number of pyridine rings is 3. The second-order valence-corrected chi connectivity index (χ2v) is 11.2. The van der Waals surface area contributed by atoms with Crippen LogP contribution in [0.4, 0.5) is 23.8 Å². The molecule has 4 aromatic rings. The van der Waals surface area contributed by atoms with Gasteiger partial charge in [0.25, 0.3) is 0 Å². The Morgan fingerprint density at radius 1 is 1.14 bits per heavy atom. The molecule has 11 nitrogen and oxygen atoms in total. The van der Waals surface area contributed by atoms with Crippen LogP contribution in [-0.4, -0.2) is 68.2 Å². The number of carboxylic acids is 1. The number of rotatable bonds is 6. The van der Waals surface area contributed by atoms with Crippen LogP contribution in [0.25, 0.3) is 32.7 Å². The van der Waals surface area contributed by atoms with Crippen molar-refractivity contribution in [2.75, 3.05) is 32.0 Å². The summed E-state index contributed by atoms with van der Waals surface area (Å²) in [5.74, 6) is -0.665. The van der Waals surface area contributed by atoms with E-state index in [1.165, 1.54) is 30.7 Å². The van der Waals surface area contributed by atoms with Crippen molar-refractivity contribution in [3.63, 3.8) is 0 Å². The molecule has 2 aliphatic rings. The summed E-state index contributed by atoms with van der Waals surface area (Å²) in [6.07, 6.45) is -0.498. The molecule has 5 heterocycles. The van der Waals surface area contributed by atoms with E-state index in [0.29, 0.717) is 35.2 Å². The van der Waals surface area contributed by atoms with Crippen LogP contribution in [0.2, 0.25) is 0 Å². The van der Waals surface area contributed by atoms with Gasteiger partial charge in [0.1, 0.15) is 22.0 Å². The molecule has 1 aliphatic heterocycles. The van der Waals surface area contributed by atoms with Crippen LogP contribution in [0.1, 0.15) is 29.0 Å². The van der Waals surface area contributed by atoms with Gasteiger partial charge >= 0.3 is 18.2 Å². The van der Waals surface area contributed by atoms with E-state index in [4.69, 9.17) is 0 Å². The smallest absolute Gasteiger partial charge is 0.434 e. The fourth-order valence-corrected chi connectivity index (χ4v) is 6.52. The number of likely N-dealkylation sites (tertiary alicyclic amines) is 1. The van der Waals surface area contributed by atoms with Crippen molar-refractivity contribution in [2.45, 2.75) is 19.1 Å². The second-order valence-electron chi connectivity index (χ2n) is 10.4. The SMILES string of the molecule is CCNC(=O)Nc1cc(-c2nc(C(F)(F)F)cs2)c(-c2cnc3c(c2)c(=O)c(C(=O)O)cn3[C@H]2[C@@H]3CN(C)C[C@@H]32)cn1. The van der Waals surface area contributed by atoms with E-state index in [-0.39, 0.29) is 27.8 Å². The van der Waals surface area contributed by atoms with E-state index in [2.05, 4.69) is 30.5 Å². The minimum absolute atomic E-state index is 0.00500. The zero-order chi connectivity index (χ0) is 29.9. The van der Waals surface area contributed by atoms with Crippen LogP contribution >= 0.6 is 11.3 Å². The van der Waals surface area contributed by atoms with Crippen LogP contribution in [-0.2, 0) is 6.18 Å². The topological polar surface area (TPSA) is 142 Å². The molecule has 0 unspecified atom stereocenters. The van der Waals surface area contributed by atoms with Gasteiger partial charge in [-0.3, -0.25) is 10.1 Å². The zero-order valence-corrected chi connectivity index (χ0v) is 23.1. The molecule has 0 radical (unpaired) electrons. The number of carboxylic acid groups (broad SMARTS) is 1. The van der Waals surface area contributed by atoms with Gasteiger partial charge in [-0.25, -0.2) is 24.5 Å². The largest absolute Gasteiger partial charge is 0.477 e. The summed E-state index contributed by atoms with van der Waals surface area (Å²) < 4.78 is 41.9. The van der Waals surface area contributed by atoms with E-state index in [9.17, 15) is 32.7 Å². The summed E-state index contributed by atoms with van der Waals surface area (Å²) in [7, 11) is 2.02. The molecule has 0 aromatic carbocycles. The first-order chi connectivity index (χ1) is 20.0. The molecule has 42 heavy (non-hydrogen) atoms. The number of piperidine rings is 1. The predicted molar refractivity (Wildman–Crippen MR) is 149 cm³/mol. The number of thiazole rings is 1. The van der Waals surface area contributed by atoms with Crippen molar-refractivity contribution in [3.8, 4) is 21.7 Å². The van der Waals surface area contributed by atoms with Gasteiger partial charge in [-0.2, -0.15) is 13.2 Å². The molecule has 1 saturated carbocycles. The Morgan fingerprint density at radius 2 is 1.88 bits per heavy atom. The average molecular weight is 600 g/mol. The fourth-order valence-electron chi connectivity index (χ4n) is 5.66. The van der Waals surface area contributed by atoms with Gasteiger partial charge in [0, 0.05) is 66.3 Å². The number of carbonyl (C=O) groups excluding carboxylic acids is 1. The Hall–Kier alpha value is -4.37. The molecule has 1 saturated heterocycles. The van der Waals surface area contributed by atoms with Crippen LogP contribution in [0, 0.1) is 11.8 Å². The molecule has 4 aromatic heterocycles. The summed E-state index contributed by atoms with van der Waals surface area (Å²) >= 11 is 0.758. The fraction of sp³-hybridized carbons (Fsp3) is 0.333. The van der Waals surface area contributed by atoms with Crippen molar-refractivity contribution in [1.82, 2.24) is 29.7 Å². The maximum atomic E-state index is 13.4. The first-order valence-corrected chi connectivity index (χ1v) is 13.9. The molecule has 15 heteroatoms. The molecule has 3 N–H and O–H groups in total. The van der Waals surface area contributed by atoms with E-state index < -0.39 is 34.9 Å². The van der Waals surface area contributed by atoms with Gasteiger partial charge < -0.3 is 19.9 Å². The number of aromatic nitrogens is 4. The number of alkyl halides is 3. The molecular weight excluding hydrogens is 575 g/mol. The molecule has 218 valence electrons. The van der Waals surface area contributed by atoms with E-state index in [1.54, 1.807) is 11.5 Å². The van der Waals surface area contributed by atoms with Crippen molar-refractivity contribution >= 4 is 40.2 Å². The van der Waals surface area contributed by atoms with Crippen LogP contribution in [0.5, 0.6) is 0 Å². The van der Waals surface area contributed by atoms with Gasteiger partial charge in [0.15, 0.2) is 5.69 Å². The standard InChI is InChI=1S/C27H24F3N7O4S/c1-3-31-26(41)35-20-5-13(24-34-19(11-42-24)27(28,29)30)15(7-32-20)12-4-14-22(38)18(25(39)40)10-37(23(14)33-6-12)21-16-8-36(2)9-17(16)21/h4-7,10-11,16-17,21H,3,8-9H2,1-2H3,(H,39,40)(H2,31,32,35,41)/t16-,17+,21+. The number of anilines is 1. The van der Waals surface area contributed by atoms with Crippen molar-refractivity contribution in [3.05, 3.63) is 57.6 Å². The molecule has 3 atom stereocenters. The number of halogens is 3. The first-order valence-electron chi connectivity index (χ1n) is 13.0. The lowest BCUT2D eigenvalue weighted by Crippen LogP contribution is -2.28. The molecule has 2 fully saturated rings. The third-order valence-corrected chi connectivity index (χ3v) is 8.45. The monoisotopic (exact) mass is 599 g/mol. The van der Waals surface area contributed by atoms with Crippen LogP contribution in [0.15, 0.2) is 40.9 Å². The lowest BCUT2D eigenvalue weighted by molar-refractivity contribution is -0.140. The van der Waals surface area contributed by atoms with Gasteiger partial charge in [0.2, 0.25) is 5.43 Å². The Morgan fingerprint density at radius 3 is 2.52 bits per heavy atom. The van der Waals surface area contributed by atoms with E-state index in [1.807, 2.05) is 7.05 Å². The minimum atomic E-state index is -4.66. The van der Waals surface area contributed by atoms with E-state index in [0.717, 1.165) is 29.8 Å². The van der Waals surface area contributed by atoms with Crippen LogP contribution in [0.3, 0.4) is 0 Å². The predicted octanol–water partition coefficient (Wildman–Crippen LogP) is 4.17. The number of carbonyl (C=O) groups is 2. The summed E-state index contributed by atoms with van der Waals surface area (Å²) in [5.41, 5.74) is -1.03. The summed E-state index contributed by atoms with van der Waals surface area (Å²) in [4.78, 5) is 52.2. The number of aromatic carboxylic acids is 1. The third-order valence-electron chi connectivity index (χ3n) is 7.57. The van der Waals surface area contributed by atoms with Crippen molar-refractivity contribution < 1.29 is 27.9 Å².